The van der Waals surface area contributed by atoms with Crippen LogP contribution in [0.5, 0.6) is 0 Å². The van der Waals surface area contributed by atoms with Crippen LogP contribution in [0.4, 0.5) is 0 Å². The molecule has 0 heteroatoms. The number of hydrogen-bond acceptors (Lipinski definition) is 0. The van der Waals surface area contributed by atoms with Crippen molar-refractivity contribution >= 4 is 0 Å². The lowest BCUT2D eigenvalue weighted by Gasteiger charge is -1.98. The van der Waals surface area contributed by atoms with Crippen molar-refractivity contribution in [1.29, 1.82) is 0 Å². The van der Waals surface area contributed by atoms with Gasteiger partial charge in [-0.15, -0.1) is 13.2 Å². The summed E-state index contributed by atoms with van der Waals surface area (Å²) in [4.78, 5) is 0. The molecule has 0 aromatic heterocycles. The van der Waals surface area contributed by atoms with Crippen LogP contribution in [-0.4, -0.2) is 0 Å². The first kappa shape index (κ1) is 8.79. The maximum Gasteiger partial charge on any atom is -0.0100 e. The molecule has 0 nitrogen and oxygen atoms in total. The Morgan fingerprint density at radius 1 is 0.833 bits per heavy atom. The third-order valence-electron chi connectivity index (χ3n) is 1.78. The van der Waals surface area contributed by atoms with Gasteiger partial charge in [0.15, 0.2) is 0 Å². The van der Waals surface area contributed by atoms with E-state index in [1.54, 1.807) is 0 Å². The van der Waals surface area contributed by atoms with E-state index >= 15 is 0 Å². The van der Waals surface area contributed by atoms with E-state index in [0.29, 0.717) is 0 Å². The van der Waals surface area contributed by atoms with E-state index in [0.717, 1.165) is 12.8 Å². The van der Waals surface area contributed by atoms with Crippen molar-refractivity contribution in [2.45, 2.75) is 12.8 Å². The van der Waals surface area contributed by atoms with Crippen LogP contribution in [0, 0.1) is 0 Å². The molecule has 0 aliphatic carbocycles. The SMILES string of the molecule is C=CCc1ccc(CC=C)cc1. The second kappa shape index (κ2) is 4.55. The molecule has 1 aromatic carbocycles. The van der Waals surface area contributed by atoms with Crippen molar-refractivity contribution in [3.8, 4) is 0 Å². The van der Waals surface area contributed by atoms with E-state index in [1.165, 1.54) is 11.1 Å². The van der Waals surface area contributed by atoms with Crippen molar-refractivity contribution in [3.63, 3.8) is 0 Å². The molecular formula is C12H14. The largest absolute Gasteiger partial charge is 0.103 e. The minimum atomic E-state index is 0.953. The van der Waals surface area contributed by atoms with Gasteiger partial charge in [-0.2, -0.15) is 0 Å². The smallest absolute Gasteiger partial charge is 0.0100 e. The Morgan fingerprint density at radius 2 is 1.17 bits per heavy atom. The number of hydrogen-bond donors (Lipinski definition) is 0. The summed E-state index contributed by atoms with van der Waals surface area (Å²) in [5, 5.41) is 0. The maximum absolute atomic E-state index is 3.70. The molecule has 1 aromatic rings. The van der Waals surface area contributed by atoms with Gasteiger partial charge >= 0.3 is 0 Å². The van der Waals surface area contributed by atoms with E-state index in [4.69, 9.17) is 0 Å². The van der Waals surface area contributed by atoms with Gasteiger partial charge in [-0.1, -0.05) is 36.4 Å². The third kappa shape index (κ3) is 2.39. The minimum absolute atomic E-state index is 0.953. The molecule has 0 heterocycles. The topological polar surface area (TPSA) is 0 Å². The molecule has 0 spiro atoms. The Balaban J connectivity index is 2.70. The highest BCUT2D eigenvalue weighted by molar-refractivity contribution is 5.25. The summed E-state index contributed by atoms with van der Waals surface area (Å²) < 4.78 is 0. The minimum Gasteiger partial charge on any atom is -0.103 e. The summed E-state index contributed by atoms with van der Waals surface area (Å²) in [6.45, 7) is 7.40. The zero-order valence-electron chi connectivity index (χ0n) is 7.29. The molecule has 1 rings (SSSR count). The predicted molar refractivity (Wildman–Crippen MR) is 54.2 cm³/mol. The van der Waals surface area contributed by atoms with E-state index in [9.17, 15) is 0 Å². The molecule has 0 aliphatic rings. The summed E-state index contributed by atoms with van der Waals surface area (Å²) in [6.07, 6.45) is 5.74. The summed E-state index contributed by atoms with van der Waals surface area (Å²) in [7, 11) is 0. The quantitative estimate of drug-likeness (QED) is 0.590. The van der Waals surface area contributed by atoms with Gasteiger partial charge in [0.2, 0.25) is 0 Å². The molecule has 0 amide bonds. The van der Waals surface area contributed by atoms with E-state index in [-0.39, 0.29) is 0 Å². The zero-order valence-corrected chi connectivity index (χ0v) is 7.29. The number of allylic oxidation sites excluding steroid dienone is 2. The lowest BCUT2D eigenvalue weighted by Crippen LogP contribution is -1.83. The first-order chi connectivity index (χ1) is 5.86. The average molecular weight is 158 g/mol. The van der Waals surface area contributed by atoms with Crippen LogP contribution in [0.1, 0.15) is 11.1 Å². The lowest BCUT2D eigenvalue weighted by atomic mass is 10.1. The van der Waals surface area contributed by atoms with Crippen LogP contribution in [0.2, 0.25) is 0 Å². The average Bonchev–Trinajstić information content (AvgIpc) is 2.09. The molecule has 0 atom stereocenters. The van der Waals surface area contributed by atoms with E-state index in [2.05, 4.69) is 37.4 Å². The number of benzene rings is 1. The number of rotatable bonds is 4. The molecule has 0 aliphatic heterocycles. The fraction of sp³-hybridized carbons (Fsp3) is 0.167. The Hall–Kier alpha value is -1.30. The van der Waals surface area contributed by atoms with Crippen LogP contribution >= 0.6 is 0 Å². The fourth-order valence-electron chi connectivity index (χ4n) is 1.14. The Bertz CT molecular complexity index is 225. The molecular weight excluding hydrogens is 144 g/mol. The maximum atomic E-state index is 3.70. The van der Waals surface area contributed by atoms with Crippen molar-refractivity contribution in [3.05, 3.63) is 60.7 Å². The third-order valence-corrected chi connectivity index (χ3v) is 1.78. The second-order valence-electron chi connectivity index (χ2n) is 2.80. The van der Waals surface area contributed by atoms with Gasteiger partial charge in [0, 0.05) is 0 Å². The molecule has 12 heavy (non-hydrogen) atoms. The standard InChI is InChI=1S/C12H14/c1-3-5-11-7-9-12(6-4-2)10-8-11/h3-4,7-10H,1-2,5-6H2. The highest BCUT2D eigenvalue weighted by Gasteiger charge is 1.90. The molecule has 0 saturated heterocycles. The lowest BCUT2D eigenvalue weighted by molar-refractivity contribution is 1.22. The van der Waals surface area contributed by atoms with Gasteiger partial charge in [0.25, 0.3) is 0 Å². The van der Waals surface area contributed by atoms with Crippen molar-refractivity contribution < 1.29 is 0 Å². The molecule has 0 radical (unpaired) electrons. The monoisotopic (exact) mass is 158 g/mol. The van der Waals surface area contributed by atoms with Gasteiger partial charge in [0.1, 0.15) is 0 Å². The highest BCUT2D eigenvalue weighted by Crippen LogP contribution is 2.06. The van der Waals surface area contributed by atoms with Crippen LogP contribution < -0.4 is 0 Å². The summed E-state index contributed by atoms with van der Waals surface area (Å²) in [5.41, 5.74) is 2.63. The van der Waals surface area contributed by atoms with Gasteiger partial charge in [0.05, 0.1) is 0 Å². The molecule has 0 N–H and O–H groups in total. The Labute approximate surface area is 74.2 Å². The predicted octanol–water partition coefficient (Wildman–Crippen LogP) is 3.14. The van der Waals surface area contributed by atoms with E-state index in [1.807, 2.05) is 12.2 Å². The van der Waals surface area contributed by atoms with Crippen LogP contribution in [0.25, 0.3) is 0 Å². The fourth-order valence-corrected chi connectivity index (χ4v) is 1.14. The summed E-state index contributed by atoms with van der Waals surface area (Å²) in [5.74, 6) is 0. The molecule has 0 unspecified atom stereocenters. The van der Waals surface area contributed by atoms with Gasteiger partial charge in [-0.05, 0) is 24.0 Å². The molecule has 0 fully saturated rings. The highest BCUT2D eigenvalue weighted by atomic mass is 14.0. The van der Waals surface area contributed by atoms with Crippen LogP contribution in [-0.2, 0) is 12.8 Å². The van der Waals surface area contributed by atoms with Crippen molar-refractivity contribution in [2.75, 3.05) is 0 Å². The molecule has 62 valence electrons. The Morgan fingerprint density at radius 3 is 1.42 bits per heavy atom. The van der Waals surface area contributed by atoms with Crippen molar-refractivity contribution in [1.82, 2.24) is 0 Å². The van der Waals surface area contributed by atoms with Crippen LogP contribution in [0.3, 0.4) is 0 Å². The zero-order chi connectivity index (χ0) is 8.81. The second-order valence-corrected chi connectivity index (χ2v) is 2.80. The van der Waals surface area contributed by atoms with Gasteiger partial charge in [-0.3, -0.25) is 0 Å². The first-order valence-corrected chi connectivity index (χ1v) is 4.16. The van der Waals surface area contributed by atoms with Gasteiger partial charge in [-0.25, -0.2) is 0 Å². The van der Waals surface area contributed by atoms with Gasteiger partial charge < -0.3 is 0 Å². The Kier molecular flexibility index (Phi) is 3.34. The summed E-state index contributed by atoms with van der Waals surface area (Å²) in [6, 6.07) is 8.56. The molecule has 0 bridgehead atoms. The van der Waals surface area contributed by atoms with Crippen LogP contribution in [0.15, 0.2) is 49.6 Å². The van der Waals surface area contributed by atoms with Crippen molar-refractivity contribution in [2.24, 2.45) is 0 Å². The molecule has 0 saturated carbocycles. The normalized spacial score (nSPS) is 9.33. The first-order valence-electron chi connectivity index (χ1n) is 4.16. The summed E-state index contributed by atoms with van der Waals surface area (Å²) >= 11 is 0. The van der Waals surface area contributed by atoms with E-state index < -0.39 is 0 Å².